The van der Waals surface area contributed by atoms with Gasteiger partial charge in [0.2, 0.25) is 5.91 Å². The molecule has 0 atom stereocenters. The number of imide groups is 1. The maximum atomic E-state index is 11.3. The van der Waals surface area contributed by atoms with E-state index in [1.54, 1.807) is 0 Å². The highest BCUT2D eigenvalue weighted by molar-refractivity contribution is 5.94. The molecule has 0 aliphatic rings. The van der Waals surface area contributed by atoms with Gasteiger partial charge in [-0.25, -0.2) is 4.79 Å². The molecule has 0 saturated carbocycles. The Labute approximate surface area is 107 Å². The van der Waals surface area contributed by atoms with E-state index in [0.717, 1.165) is 0 Å². The van der Waals surface area contributed by atoms with Gasteiger partial charge in [-0.2, -0.15) is 0 Å². The summed E-state index contributed by atoms with van der Waals surface area (Å²) in [6, 6.07) is -0.514. The molecule has 0 bridgehead atoms. The number of unbranched alkanes of at least 4 members (excludes halogenated alkanes) is 1. The van der Waals surface area contributed by atoms with Gasteiger partial charge in [0.1, 0.15) is 0 Å². The SMILES string of the molecule is CN(C)CCNC(=O)NC(=O)CCCCC(=O)O. The van der Waals surface area contributed by atoms with Crippen molar-refractivity contribution in [2.24, 2.45) is 0 Å². The van der Waals surface area contributed by atoms with Gasteiger partial charge < -0.3 is 15.3 Å². The van der Waals surface area contributed by atoms with Gasteiger partial charge in [0.05, 0.1) is 0 Å². The Hall–Kier alpha value is -1.63. The Kier molecular flexibility index (Phi) is 8.55. The molecule has 0 unspecified atom stereocenters. The van der Waals surface area contributed by atoms with Crippen LogP contribution in [0.3, 0.4) is 0 Å². The van der Waals surface area contributed by atoms with Gasteiger partial charge in [0.25, 0.3) is 0 Å². The Morgan fingerprint density at radius 1 is 1.11 bits per heavy atom. The van der Waals surface area contributed by atoms with Crippen molar-refractivity contribution >= 4 is 17.9 Å². The predicted octanol–water partition coefficient (Wildman–Crippen LogP) is 0.0188. The molecule has 0 rings (SSSR count). The largest absolute Gasteiger partial charge is 0.481 e. The molecule has 0 aliphatic carbocycles. The second-order valence-electron chi connectivity index (χ2n) is 4.21. The highest BCUT2D eigenvalue weighted by Crippen LogP contribution is 1.99. The summed E-state index contributed by atoms with van der Waals surface area (Å²) in [5.41, 5.74) is 0. The summed E-state index contributed by atoms with van der Waals surface area (Å²) in [4.78, 5) is 34.6. The fourth-order valence-electron chi connectivity index (χ4n) is 1.19. The maximum absolute atomic E-state index is 11.3. The smallest absolute Gasteiger partial charge is 0.321 e. The molecule has 3 N–H and O–H groups in total. The average Bonchev–Trinajstić information content (AvgIpc) is 2.23. The molecule has 3 amide bonds. The number of aliphatic carboxylic acids is 1. The topological polar surface area (TPSA) is 98.7 Å². The molecule has 0 radical (unpaired) electrons. The van der Waals surface area contributed by atoms with Crippen LogP contribution in [0.25, 0.3) is 0 Å². The first kappa shape index (κ1) is 16.4. The molecule has 104 valence electrons. The van der Waals surface area contributed by atoms with Gasteiger partial charge in [0.15, 0.2) is 0 Å². The summed E-state index contributed by atoms with van der Waals surface area (Å²) in [6.07, 6.45) is 1.10. The van der Waals surface area contributed by atoms with Crippen molar-refractivity contribution in [3.8, 4) is 0 Å². The summed E-state index contributed by atoms with van der Waals surface area (Å²) in [5.74, 6) is -1.26. The summed E-state index contributed by atoms with van der Waals surface area (Å²) >= 11 is 0. The number of nitrogens with one attached hydrogen (secondary N) is 2. The van der Waals surface area contributed by atoms with E-state index >= 15 is 0 Å². The normalized spacial score (nSPS) is 10.2. The lowest BCUT2D eigenvalue weighted by atomic mass is 10.2. The van der Waals surface area contributed by atoms with Gasteiger partial charge in [0, 0.05) is 25.9 Å². The van der Waals surface area contributed by atoms with Crippen LogP contribution >= 0.6 is 0 Å². The summed E-state index contributed by atoms with van der Waals surface area (Å²) in [6.45, 7) is 1.16. The zero-order chi connectivity index (χ0) is 14.0. The monoisotopic (exact) mass is 259 g/mol. The minimum absolute atomic E-state index is 0.0440. The van der Waals surface area contributed by atoms with E-state index in [9.17, 15) is 14.4 Å². The van der Waals surface area contributed by atoms with Crippen molar-refractivity contribution < 1.29 is 19.5 Å². The van der Waals surface area contributed by atoms with Crippen molar-refractivity contribution in [1.82, 2.24) is 15.5 Å². The molecule has 18 heavy (non-hydrogen) atoms. The van der Waals surface area contributed by atoms with Gasteiger partial charge in [-0.3, -0.25) is 14.9 Å². The van der Waals surface area contributed by atoms with Crippen LogP contribution in [0.2, 0.25) is 0 Å². The minimum atomic E-state index is -0.878. The number of carbonyl (C=O) groups excluding carboxylic acids is 2. The minimum Gasteiger partial charge on any atom is -0.481 e. The lowest BCUT2D eigenvalue weighted by molar-refractivity contribution is -0.137. The summed E-state index contributed by atoms with van der Waals surface area (Å²) < 4.78 is 0. The molecule has 7 nitrogen and oxygen atoms in total. The van der Waals surface area contributed by atoms with Crippen molar-refractivity contribution in [1.29, 1.82) is 0 Å². The number of urea groups is 1. The highest BCUT2D eigenvalue weighted by atomic mass is 16.4. The van der Waals surface area contributed by atoms with Crippen LogP contribution in [0.15, 0.2) is 0 Å². The summed E-state index contributed by atoms with van der Waals surface area (Å²) in [7, 11) is 3.76. The van der Waals surface area contributed by atoms with E-state index in [0.29, 0.717) is 25.9 Å². The molecule has 0 aliphatic heterocycles. The first-order chi connectivity index (χ1) is 8.41. The van der Waals surface area contributed by atoms with E-state index in [4.69, 9.17) is 5.11 Å². The van der Waals surface area contributed by atoms with E-state index in [-0.39, 0.29) is 18.7 Å². The van der Waals surface area contributed by atoms with Crippen molar-refractivity contribution in [3.05, 3.63) is 0 Å². The zero-order valence-corrected chi connectivity index (χ0v) is 10.9. The Morgan fingerprint density at radius 2 is 1.72 bits per heavy atom. The van der Waals surface area contributed by atoms with Crippen LogP contribution in [0, 0.1) is 0 Å². The molecule has 0 aromatic heterocycles. The van der Waals surface area contributed by atoms with E-state index < -0.39 is 12.0 Å². The molecule has 7 heteroatoms. The fraction of sp³-hybridized carbons (Fsp3) is 0.727. The lowest BCUT2D eigenvalue weighted by Gasteiger charge is -2.10. The molecule has 0 aromatic carbocycles. The van der Waals surface area contributed by atoms with Gasteiger partial charge in [-0.05, 0) is 26.9 Å². The third kappa shape index (κ3) is 10.9. The third-order valence-corrected chi connectivity index (χ3v) is 2.14. The van der Waals surface area contributed by atoms with E-state index in [2.05, 4.69) is 10.6 Å². The van der Waals surface area contributed by atoms with Crippen LogP contribution in [-0.2, 0) is 9.59 Å². The number of carboxylic acid groups (broad SMARTS) is 1. The second kappa shape index (κ2) is 9.41. The molecular weight excluding hydrogens is 238 g/mol. The van der Waals surface area contributed by atoms with Crippen LogP contribution in [-0.4, -0.2) is 55.1 Å². The van der Waals surface area contributed by atoms with Gasteiger partial charge in [-0.15, -0.1) is 0 Å². The lowest BCUT2D eigenvalue weighted by Crippen LogP contribution is -2.41. The number of carboxylic acids is 1. The number of amides is 3. The van der Waals surface area contributed by atoms with Crippen molar-refractivity contribution in [2.75, 3.05) is 27.2 Å². The number of hydrogen-bond donors (Lipinski definition) is 3. The van der Waals surface area contributed by atoms with Crippen LogP contribution < -0.4 is 10.6 Å². The molecule has 0 fully saturated rings. The fourth-order valence-corrected chi connectivity index (χ4v) is 1.19. The summed E-state index contributed by atoms with van der Waals surface area (Å²) in [5, 5.41) is 13.1. The van der Waals surface area contributed by atoms with E-state index in [1.807, 2.05) is 19.0 Å². The number of hydrogen-bond acceptors (Lipinski definition) is 4. The highest BCUT2D eigenvalue weighted by Gasteiger charge is 2.07. The van der Waals surface area contributed by atoms with Crippen LogP contribution in [0.1, 0.15) is 25.7 Å². The molecule has 0 spiro atoms. The first-order valence-electron chi connectivity index (χ1n) is 5.86. The zero-order valence-electron chi connectivity index (χ0n) is 10.9. The Balaban J connectivity index is 3.55. The average molecular weight is 259 g/mol. The molecular formula is C11H21N3O4. The van der Waals surface area contributed by atoms with Gasteiger partial charge >= 0.3 is 12.0 Å². The van der Waals surface area contributed by atoms with Crippen molar-refractivity contribution in [2.45, 2.75) is 25.7 Å². The number of likely N-dealkylation sites (N-methyl/N-ethyl adjacent to an activating group) is 1. The number of carbonyl (C=O) groups is 3. The Bertz CT molecular complexity index is 292. The molecule has 0 heterocycles. The first-order valence-corrected chi connectivity index (χ1v) is 5.86. The van der Waals surface area contributed by atoms with Crippen LogP contribution in [0.4, 0.5) is 4.79 Å². The molecule has 0 aromatic rings. The predicted molar refractivity (Wildman–Crippen MR) is 66.2 cm³/mol. The van der Waals surface area contributed by atoms with E-state index in [1.165, 1.54) is 0 Å². The number of nitrogens with zero attached hydrogens (tertiary/aromatic N) is 1. The van der Waals surface area contributed by atoms with Crippen molar-refractivity contribution in [3.63, 3.8) is 0 Å². The maximum Gasteiger partial charge on any atom is 0.321 e. The van der Waals surface area contributed by atoms with Gasteiger partial charge in [-0.1, -0.05) is 0 Å². The quantitative estimate of drug-likeness (QED) is 0.534. The third-order valence-electron chi connectivity index (χ3n) is 2.14. The molecule has 0 saturated heterocycles. The standard InChI is InChI=1S/C11H21N3O4/c1-14(2)8-7-12-11(18)13-9(15)5-3-4-6-10(16)17/h3-8H2,1-2H3,(H,16,17)(H2,12,13,15,18). The Morgan fingerprint density at radius 3 is 2.28 bits per heavy atom. The second-order valence-corrected chi connectivity index (χ2v) is 4.21. The van der Waals surface area contributed by atoms with Crippen LogP contribution in [0.5, 0.6) is 0 Å². The number of rotatable bonds is 8.